The van der Waals surface area contributed by atoms with Gasteiger partial charge in [-0.15, -0.1) is 0 Å². The molecule has 1 aliphatic heterocycles. The van der Waals surface area contributed by atoms with Gasteiger partial charge >= 0.3 is 0 Å². The van der Waals surface area contributed by atoms with Gasteiger partial charge in [0.15, 0.2) is 0 Å². The number of aryl methyl sites for hydroxylation is 1. The number of rotatable bonds is 5. The van der Waals surface area contributed by atoms with E-state index in [2.05, 4.69) is 22.1 Å². The molecule has 0 bridgehead atoms. The number of nitrogens with zero attached hydrogens (tertiary/aromatic N) is 2. The Morgan fingerprint density at radius 2 is 1.78 bits per heavy atom. The van der Waals surface area contributed by atoms with Gasteiger partial charge in [-0.25, -0.2) is 4.98 Å². The number of hydrogen-bond donors (Lipinski definition) is 1. The van der Waals surface area contributed by atoms with Gasteiger partial charge in [0.05, 0.1) is 0 Å². The van der Waals surface area contributed by atoms with Crippen LogP contribution in [0, 0.1) is 0 Å². The molecule has 0 radical (unpaired) electrons. The molecule has 2 aromatic rings. The number of nitrogens with one attached hydrogen (secondary N) is 1. The minimum absolute atomic E-state index is 0.0451. The van der Waals surface area contributed by atoms with E-state index >= 15 is 0 Å². The summed E-state index contributed by atoms with van der Waals surface area (Å²) in [6.45, 7) is 4.79. The van der Waals surface area contributed by atoms with Crippen LogP contribution in [0.3, 0.4) is 0 Å². The molecule has 0 aliphatic carbocycles. The minimum atomic E-state index is -0.0451. The number of benzene rings is 1. The second kappa shape index (κ2) is 7.27. The maximum absolute atomic E-state index is 12.2. The van der Waals surface area contributed by atoms with Crippen molar-refractivity contribution in [2.45, 2.75) is 32.7 Å². The predicted octanol–water partition coefficient (Wildman–Crippen LogP) is 3.17. The highest BCUT2D eigenvalue weighted by Crippen LogP contribution is 2.17. The Morgan fingerprint density at radius 3 is 2.39 bits per heavy atom. The molecule has 0 atom stereocenters. The summed E-state index contributed by atoms with van der Waals surface area (Å²) in [6, 6.07) is 11.8. The third-order valence-corrected chi connectivity index (χ3v) is 4.32. The normalized spacial score (nSPS) is 14.0. The highest BCUT2D eigenvalue weighted by atomic mass is 16.1. The van der Waals surface area contributed by atoms with Gasteiger partial charge in [0.1, 0.15) is 5.82 Å². The molecule has 0 saturated carbocycles. The Bertz CT molecular complexity index is 643. The molecule has 2 heterocycles. The first-order chi connectivity index (χ1) is 11.3. The van der Waals surface area contributed by atoms with Crippen molar-refractivity contribution in [2.75, 3.05) is 18.0 Å². The van der Waals surface area contributed by atoms with E-state index in [0.29, 0.717) is 12.1 Å². The lowest BCUT2D eigenvalue weighted by Crippen LogP contribution is -2.23. The topological polar surface area (TPSA) is 45.2 Å². The van der Waals surface area contributed by atoms with Crippen LogP contribution in [0.5, 0.6) is 0 Å². The van der Waals surface area contributed by atoms with Crippen LogP contribution in [0.4, 0.5) is 5.82 Å². The molecule has 1 aliphatic rings. The van der Waals surface area contributed by atoms with Crippen LogP contribution < -0.4 is 10.2 Å². The number of aromatic nitrogens is 1. The Kier molecular flexibility index (Phi) is 4.91. The first kappa shape index (κ1) is 15.5. The fraction of sp³-hybridized carbons (Fsp3) is 0.368. The second-order valence-corrected chi connectivity index (χ2v) is 5.95. The summed E-state index contributed by atoms with van der Waals surface area (Å²) < 4.78 is 0. The van der Waals surface area contributed by atoms with Gasteiger partial charge in [-0.05, 0) is 48.6 Å². The van der Waals surface area contributed by atoms with Gasteiger partial charge in [0, 0.05) is 31.4 Å². The van der Waals surface area contributed by atoms with E-state index in [1.54, 1.807) is 0 Å². The molecule has 4 heteroatoms. The zero-order valence-corrected chi connectivity index (χ0v) is 13.6. The molecular formula is C19H23N3O. The summed E-state index contributed by atoms with van der Waals surface area (Å²) in [5.41, 5.74) is 2.96. The van der Waals surface area contributed by atoms with E-state index in [4.69, 9.17) is 0 Å². The van der Waals surface area contributed by atoms with Crippen LogP contribution in [0.15, 0.2) is 42.6 Å². The minimum Gasteiger partial charge on any atom is -0.357 e. The molecule has 3 rings (SSSR count). The Balaban J connectivity index is 1.55. The van der Waals surface area contributed by atoms with Crippen LogP contribution in [-0.4, -0.2) is 24.0 Å². The molecule has 1 aromatic heterocycles. The molecule has 0 spiro atoms. The number of pyridine rings is 1. The number of anilines is 1. The molecule has 1 fully saturated rings. The lowest BCUT2D eigenvalue weighted by molar-refractivity contribution is 0.0951. The molecular weight excluding hydrogens is 286 g/mol. The van der Waals surface area contributed by atoms with Crippen molar-refractivity contribution < 1.29 is 4.79 Å². The number of amides is 1. The standard InChI is InChI=1S/C19H23N3O/c1-2-15-5-8-17(9-6-15)19(23)21-14-16-7-10-18(20-13-16)22-11-3-4-12-22/h5-10,13H,2-4,11-12,14H2,1H3,(H,21,23). The van der Waals surface area contributed by atoms with Crippen molar-refractivity contribution in [1.82, 2.24) is 10.3 Å². The molecule has 4 nitrogen and oxygen atoms in total. The summed E-state index contributed by atoms with van der Waals surface area (Å²) in [7, 11) is 0. The van der Waals surface area contributed by atoms with Crippen LogP contribution in [0.1, 0.15) is 41.3 Å². The maximum atomic E-state index is 12.2. The molecule has 0 unspecified atom stereocenters. The van der Waals surface area contributed by atoms with Gasteiger partial charge in [0.2, 0.25) is 0 Å². The van der Waals surface area contributed by atoms with Crippen molar-refractivity contribution in [3.8, 4) is 0 Å². The van der Waals surface area contributed by atoms with Crippen LogP contribution in [-0.2, 0) is 13.0 Å². The van der Waals surface area contributed by atoms with Gasteiger partial charge < -0.3 is 10.2 Å². The van der Waals surface area contributed by atoms with Crippen LogP contribution >= 0.6 is 0 Å². The lowest BCUT2D eigenvalue weighted by Gasteiger charge is -2.16. The monoisotopic (exact) mass is 309 g/mol. The summed E-state index contributed by atoms with van der Waals surface area (Å²) in [5, 5.41) is 2.95. The maximum Gasteiger partial charge on any atom is 0.251 e. The third kappa shape index (κ3) is 3.89. The smallest absolute Gasteiger partial charge is 0.251 e. The van der Waals surface area contributed by atoms with Gasteiger partial charge in [-0.1, -0.05) is 25.1 Å². The van der Waals surface area contributed by atoms with E-state index < -0.39 is 0 Å². The summed E-state index contributed by atoms with van der Waals surface area (Å²) in [6.07, 6.45) is 5.33. The van der Waals surface area contributed by atoms with Gasteiger partial charge in [-0.2, -0.15) is 0 Å². The van der Waals surface area contributed by atoms with Crippen LogP contribution in [0.2, 0.25) is 0 Å². The first-order valence-electron chi connectivity index (χ1n) is 8.33. The largest absolute Gasteiger partial charge is 0.357 e. The average molecular weight is 309 g/mol. The molecule has 120 valence electrons. The predicted molar refractivity (Wildman–Crippen MR) is 92.7 cm³/mol. The van der Waals surface area contributed by atoms with Crippen molar-refractivity contribution in [1.29, 1.82) is 0 Å². The van der Waals surface area contributed by atoms with Crippen molar-refractivity contribution >= 4 is 11.7 Å². The zero-order chi connectivity index (χ0) is 16.1. The Labute approximate surface area is 137 Å². The fourth-order valence-corrected chi connectivity index (χ4v) is 2.83. The number of carbonyl (C=O) groups excluding carboxylic acids is 1. The van der Waals surface area contributed by atoms with E-state index in [9.17, 15) is 4.79 Å². The average Bonchev–Trinajstić information content (AvgIpc) is 3.15. The summed E-state index contributed by atoms with van der Waals surface area (Å²) in [4.78, 5) is 19.0. The summed E-state index contributed by atoms with van der Waals surface area (Å²) in [5.74, 6) is 0.990. The SMILES string of the molecule is CCc1ccc(C(=O)NCc2ccc(N3CCCC3)nc2)cc1. The molecule has 23 heavy (non-hydrogen) atoms. The van der Waals surface area contributed by atoms with Crippen molar-refractivity contribution in [3.05, 3.63) is 59.3 Å². The van der Waals surface area contributed by atoms with Gasteiger partial charge in [-0.3, -0.25) is 4.79 Å². The Hall–Kier alpha value is -2.36. The molecule has 1 aromatic carbocycles. The van der Waals surface area contributed by atoms with Crippen molar-refractivity contribution in [3.63, 3.8) is 0 Å². The third-order valence-electron chi connectivity index (χ3n) is 4.32. The van der Waals surface area contributed by atoms with E-state index in [-0.39, 0.29) is 5.91 Å². The molecule has 1 N–H and O–H groups in total. The molecule has 1 saturated heterocycles. The quantitative estimate of drug-likeness (QED) is 0.922. The number of hydrogen-bond acceptors (Lipinski definition) is 3. The van der Waals surface area contributed by atoms with E-state index in [1.165, 1.54) is 18.4 Å². The highest BCUT2D eigenvalue weighted by molar-refractivity contribution is 5.94. The number of carbonyl (C=O) groups is 1. The van der Waals surface area contributed by atoms with Crippen LogP contribution in [0.25, 0.3) is 0 Å². The Morgan fingerprint density at radius 1 is 1.09 bits per heavy atom. The first-order valence-corrected chi connectivity index (χ1v) is 8.33. The lowest BCUT2D eigenvalue weighted by atomic mass is 10.1. The van der Waals surface area contributed by atoms with E-state index in [1.807, 2.05) is 42.6 Å². The highest BCUT2D eigenvalue weighted by Gasteiger charge is 2.13. The molecule has 1 amide bonds. The second-order valence-electron chi connectivity index (χ2n) is 5.95. The zero-order valence-electron chi connectivity index (χ0n) is 13.6. The van der Waals surface area contributed by atoms with Crippen molar-refractivity contribution in [2.24, 2.45) is 0 Å². The van der Waals surface area contributed by atoms with E-state index in [0.717, 1.165) is 30.9 Å². The fourth-order valence-electron chi connectivity index (χ4n) is 2.83. The summed E-state index contributed by atoms with van der Waals surface area (Å²) >= 11 is 0. The van der Waals surface area contributed by atoms with Gasteiger partial charge in [0.25, 0.3) is 5.91 Å².